The predicted octanol–water partition coefficient (Wildman–Crippen LogP) is 2.86. The molecule has 1 heterocycles. The summed E-state index contributed by atoms with van der Waals surface area (Å²) in [6.45, 7) is 8.25. The summed E-state index contributed by atoms with van der Waals surface area (Å²) in [7, 11) is 1.81. The zero-order chi connectivity index (χ0) is 12.7. The minimum atomic E-state index is -0.154. The van der Waals surface area contributed by atoms with Gasteiger partial charge in [0.2, 0.25) is 0 Å². The Morgan fingerprint density at radius 1 is 1.41 bits per heavy atom. The molecule has 0 aromatic rings. The summed E-state index contributed by atoms with van der Waals surface area (Å²) < 4.78 is 11.6. The number of allylic oxidation sites excluding steroid dienone is 1. The predicted molar refractivity (Wildman–Crippen MR) is 71.1 cm³/mol. The summed E-state index contributed by atoms with van der Waals surface area (Å²) in [5.41, 5.74) is -0.154. The monoisotopic (exact) mass is 241 g/mol. The van der Waals surface area contributed by atoms with E-state index in [0.717, 1.165) is 44.6 Å². The molecule has 0 aromatic carbocycles. The van der Waals surface area contributed by atoms with Gasteiger partial charge in [-0.25, -0.2) is 0 Å². The maximum Gasteiger partial charge on any atom is 0.112 e. The van der Waals surface area contributed by atoms with Crippen LogP contribution < -0.4 is 5.32 Å². The van der Waals surface area contributed by atoms with Crippen LogP contribution in [-0.4, -0.2) is 31.9 Å². The molecule has 0 amide bonds. The van der Waals surface area contributed by atoms with Gasteiger partial charge >= 0.3 is 0 Å². The summed E-state index contributed by atoms with van der Waals surface area (Å²) in [5, 5.41) is 3.53. The van der Waals surface area contributed by atoms with Crippen LogP contribution in [0.15, 0.2) is 11.8 Å². The molecule has 0 aromatic heterocycles. The first-order chi connectivity index (χ1) is 8.24. The summed E-state index contributed by atoms with van der Waals surface area (Å²) in [4.78, 5) is 0. The summed E-state index contributed by atoms with van der Waals surface area (Å²) >= 11 is 0. The van der Waals surface area contributed by atoms with Crippen molar-refractivity contribution in [1.82, 2.24) is 5.32 Å². The average Bonchev–Trinajstić information content (AvgIpc) is 2.41. The quantitative estimate of drug-likeness (QED) is 0.743. The number of rotatable bonds is 7. The molecule has 1 unspecified atom stereocenters. The van der Waals surface area contributed by atoms with Gasteiger partial charge in [-0.1, -0.05) is 20.8 Å². The lowest BCUT2D eigenvalue weighted by molar-refractivity contribution is -0.0522. The van der Waals surface area contributed by atoms with Crippen LogP contribution in [0.2, 0.25) is 0 Å². The van der Waals surface area contributed by atoms with E-state index < -0.39 is 0 Å². The molecule has 1 atom stereocenters. The molecular weight excluding hydrogens is 214 g/mol. The van der Waals surface area contributed by atoms with E-state index in [4.69, 9.17) is 9.47 Å². The standard InChI is InChI=1S/C14H27NO2/c1-5-14(6-2,16-4)13(15-7-3)12-10-8-9-11-17-12/h10,13,15H,5-9,11H2,1-4H3. The first-order valence-electron chi connectivity index (χ1n) is 6.85. The summed E-state index contributed by atoms with van der Waals surface area (Å²) in [5.74, 6) is 1.07. The molecule has 0 saturated carbocycles. The molecule has 1 rings (SSSR count). The number of likely N-dealkylation sites (N-methyl/N-ethyl adjacent to an activating group) is 1. The molecular formula is C14H27NO2. The first-order valence-corrected chi connectivity index (χ1v) is 6.85. The Kier molecular flexibility index (Phi) is 6.00. The fraction of sp³-hybridized carbons (Fsp3) is 0.857. The van der Waals surface area contributed by atoms with Gasteiger partial charge in [-0.15, -0.1) is 0 Å². The molecule has 0 fully saturated rings. The number of hydrogen-bond donors (Lipinski definition) is 1. The lowest BCUT2D eigenvalue weighted by Gasteiger charge is -2.40. The van der Waals surface area contributed by atoms with E-state index in [-0.39, 0.29) is 11.6 Å². The molecule has 0 radical (unpaired) electrons. The minimum absolute atomic E-state index is 0.154. The Morgan fingerprint density at radius 2 is 2.12 bits per heavy atom. The Morgan fingerprint density at radius 3 is 2.53 bits per heavy atom. The van der Waals surface area contributed by atoms with Gasteiger partial charge in [0.15, 0.2) is 0 Å². The second-order valence-electron chi connectivity index (χ2n) is 4.56. The van der Waals surface area contributed by atoms with Crippen LogP contribution in [-0.2, 0) is 9.47 Å². The van der Waals surface area contributed by atoms with Crippen molar-refractivity contribution >= 4 is 0 Å². The van der Waals surface area contributed by atoms with E-state index in [0.29, 0.717) is 0 Å². The van der Waals surface area contributed by atoms with Gasteiger partial charge in [-0.3, -0.25) is 0 Å². The maximum absolute atomic E-state index is 5.82. The van der Waals surface area contributed by atoms with E-state index in [9.17, 15) is 0 Å². The smallest absolute Gasteiger partial charge is 0.112 e. The van der Waals surface area contributed by atoms with Crippen molar-refractivity contribution in [2.45, 2.75) is 58.1 Å². The maximum atomic E-state index is 5.82. The van der Waals surface area contributed by atoms with Crippen molar-refractivity contribution < 1.29 is 9.47 Å². The highest BCUT2D eigenvalue weighted by Gasteiger charge is 2.39. The molecule has 3 nitrogen and oxygen atoms in total. The van der Waals surface area contributed by atoms with E-state index in [1.807, 2.05) is 0 Å². The van der Waals surface area contributed by atoms with Gasteiger partial charge in [0.25, 0.3) is 0 Å². The molecule has 0 saturated heterocycles. The van der Waals surface area contributed by atoms with E-state index in [2.05, 4.69) is 32.2 Å². The van der Waals surface area contributed by atoms with Crippen molar-refractivity contribution in [2.75, 3.05) is 20.3 Å². The van der Waals surface area contributed by atoms with Gasteiger partial charge in [-0.2, -0.15) is 0 Å². The largest absolute Gasteiger partial charge is 0.496 e. The molecule has 17 heavy (non-hydrogen) atoms. The second-order valence-corrected chi connectivity index (χ2v) is 4.56. The first kappa shape index (κ1) is 14.5. The van der Waals surface area contributed by atoms with Crippen LogP contribution in [0.3, 0.4) is 0 Å². The van der Waals surface area contributed by atoms with Gasteiger partial charge in [0, 0.05) is 7.11 Å². The van der Waals surface area contributed by atoms with Crippen LogP contribution in [0.5, 0.6) is 0 Å². The number of nitrogens with one attached hydrogen (secondary N) is 1. The zero-order valence-electron chi connectivity index (χ0n) is 11.7. The van der Waals surface area contributed by atoms with Crippen LogP contribution in [0.25, 0.3) is 0 Å². The minimum Gasteiger partial charge on any atom is -0.496 e. The van der Waals surface area contributed by atoms with Crippen LogP contribution in [0.4, 0.5) is 0 Å². The molecule has 1 N–H and O–H groups in total. The highest BCUT2D eigenvalue weighted by molar-refractivity contribution is 5.13. The molecule has 1 aliphatic rings. The van der Waals surface area contributed by atoms with Crippen molar-refractivity contribution in [3.05, 3.63) is 11.8 Å². The van der Waals surface area contributed by atoms with Crippen LogP contribution in [0, 0.1) is 0 Å². The lowest BCUT2D eigenvalue weighted by Crippen LogP contribution is -2.53. The van der Waals surface area contributed by atoms with E-state index in [1.54, 1.807) is 7.11 Å². The second kappa shape index (κ2) is 7.02. The van der Waals surface area contributed by atoms with Gasteiger partial charge in [0.05, 0.1) is 18.2 Å². The fourth-order valence-corrected chi connectivity index (χ4v) is 2.59. The third-order valence-electron chi connectivity index (χ3n) is 3.79. The van der Waals surface area contributed by atoms with Gasteiger partial charge < -0.3 is 14.8 Å². The summed E-state index contributed by atoms with van der Waals surface area (Å²) in [6.07, 6.45) is 6.43. The average molecular weight is 241 g/mol. The summed E-state index contributed by atoms with van der Waals surface area (Å²) in [6, 6.07) is 0.174. The molecule has 0 bridgehead atoms. The normalized spacial score (nSPS) is 18.5. The topological polar surface area (TPSA) is 30.5 Å². The lowest BCUT2D eigenvalue weighted by atomic mass is 9.86. The zero-order valence-corrected chi connectivity index (χ0v) is 11.7. The van der Waals surface area contributed by atoms with E-state index >= 15 is 0 Å². The molecule has 0 spiro atoms. The Hall–Kier alpha value is -0.540. The molecule has 3 heteroatoms. The Bertz CT molecular complexity index is 238. The van der Waals surface area contributed by atoms with Crippen molar-refractivity contribution in [3.8, 4) is 0 Å². The molecule has 100 valence electrons. The van der Waals surface area contributed by atoms with Crippen molar-refractivity contribution in [1.29, 1.82) is 0 Å². The number of methoxy groups -OCH3 is 1. The van der Waals surface area contributed by atoms with Crippen molar-refractivity contribution in [2.24, 2.45) is 0 Å². The Labute approximate surface area is 106 Å². The molecule has 1 aliphatic heterocycles. The third-order valence-corrected chi connectivity index (χ3v) is 3.79. The fourth-order valence-electron chi connectivity index (χ4n) is 2.59. The molecule has 0 aliphatic carbocycles. The SMILES string of the molecule is CCNC(C1=CCCCO1)C(CC)(CC)OC. The highest BCUT2D eigenvalue weighted by atomic mass is 16.5. The van der Waals surface area contributed by atoms with Crippen LogP contribution >= 0.6 is 0 Å². The third kappa shape index (κ3) is 3.23. The van der Waals surface area contributed by atoms with Crippen LogP contribution in [0.1, 0.15) is 46.5 Å². The van der Waals surface area contributed by atoms with Gasteiger partial charge in [-0.05, 0) is 38.3 Å². The Balaban J connectivity index is 2.92. The highest BCUT2D eigenvalue weighted by Crippen LogP contribution is 2.30. The number of ether oxygens (including phenoxy) is 2. The van der Waals surface area contributed by atoms with Crippen molar-refractivity contribution in [3.63, 3.8) is 0 Å². The number of hydrogen-bond acceptors (Lipinski definition) is 3. The van der Waals surface area contributed by atoms with E-state index in [1.165, 1.54) is 0 Å². The van der Waals surface area contributed by atoms with Gasteiger partial charge in [0.1, 0.15) is 5.76 Å².